The summed E-state index contributed by atoms with van der Waals surface area (Å²) >= 11 is 0. The molecule has 1 rings (SSSR count). The van der Waals surface area contributed by atoms with Crippen molar-refractivity contribution in [3.05, 3.63) is 11.3 Å². The quantitative estimate of drug-likeness (QED) is 0.411. The number of aliphatic hydroxyl groups is 1. The molecular formula is C7H10N4O3. The molecule has 1 atom stereocenters. The van der Waals surface area contributed by atoms with Crippen LogP contribution in [0.25, 0.3) is 0 Å². The Morgan fingerprint density at radius 2 is 2.00 bits per heavy atom. The summed E-state index contributed by atoms with van der Waals surface area (Å²) < 4.78 is 0. The maximum atomic E-state index is 10.8. The Balaban J connectivity index is 2.97. The summed E-state index contributed by atoms with van der Waals surface area (Å²) in [5.74, 6) is -2.09. The zero-order valence-electron chi connectivity index (χ0n) is 7.23. The molecule has 1 heterocycles. The molecule has 1 aliphatic heterocycles. The Labute approximate surface area is 79.3 Å². The Morgan fingerprint density at radius 3 is 2.36 bits per heavy atom. The molecule has 0 bridgehead atoms. The van der Waals surface area contributed by atoms with Gasteiger partial charge in [-0.3, -0.25) is 14.6 Å². The van der Waals surface area contributed by atoms with E-state index in [1.54, 1.807) is 0 Å². The maximum Gasteiger partial charge on any atom is 0.255 e. The van der Waals surface area contributed by atoms with E-state index in [1.807, 2.05) is 0 Å². The van der Waals surface area contributed by atoms with Crippen molar-refractivity contribution in [2.75, 3.05) is 0 Å². The maximum absolute atomic E-state index is 10.8. The summed E-state index contributed by atoms with van der Waals surface area (Å²) in [6, 6.07) is -0.880. The third kappa shape index (κ3) is 1.65. The van der Waals surface area contributed by atoms with Crippen molar-refractivity contribution in [3.63, 3.8) is 0 Å². The van der Waals surface area contributed by atoms with Gasteiger partial charge < -0.3 is 22.3 Å². The van der Waals surface area contributed by atoms with E-state index in [2.05, 4.69) is 4.99 Å². The number of aliphatic hydroxyl groups excluding tert-OH is 1. The van der Waals surface area contributed by atoms with E-state index in [9.17, 15) is 14.7 Å². The molecule has 14 heavy (non-hydrogen) atoms. The van der Waals surface area contributed by atoms with Crippen molar-refractivity contribution in [2.45, 2.75) is 12.5 Å². The Bertz CT molecular complexity index is 358. The number of primary amides is 2. The van der Waals surface area contributed by atoms with Gasteiger partial charge in [-0.05, 0) is 0 Å². The van der Waals surface area contributed by atoms with Crippen molar-refractivity contribution < 1.29 is 14.7 Å². The van der Waals surface area contributed by atoms with Crippen LogP contribution < -0.4 is 17.2 Å². The molecule has 0 aromatic heterocycles. The summed E-state index contributed by atoms with van der Waals surface area (Å²) in [7, 11) is 0. The number of hydrogen-bond acceptors (Lipinski definition) is 5. The van der Waals surface area contributed by atoms with Crippen LogP contribution in [0.2, 0.25) is 0 Å². The molecule has 0 aromatic carbocycles. The number of nitrogens with two attached hydrogens (primary N) is 3. The third-order valence-corrected chi connectivity index (χ3v) is 1.76. The average Bonchev–Trinajstić information content (AvgIpc) is 2.25. The van der Waals surface area contributed by atoms with E-state index < -0.39 is 23.6 Å². The molecule has 76 valence electrons. The lowest BCUT2D eigenvalue weighted by molar-refractivity contribution is -0.118. The molecule has 0 saturated heterocycles. The van der Waals surface area contributed by atoms with Crippen LogP contribution in [0.1, 0.15) is 6.42 Å². The van der Waals surface area contributed by atoms with Gasteiger partial charge in [-0.1, -0.05) is 0 Å². The third-order valence-electron chi connectivity index (χ3n) is 1.76. The predicted molar refractivity (Wildman–Crippen MR) is 48.1 cm³/mol. The second kappa shape index (κ2) is 3.36. The number of aliphatic imine (C=N–C) groups is 1. The van der Waals surface area contributed by atoms with Crippen molar-refractivity contribution in [1.82, 2.24) is 0 Å². The van der Waals surface area contributed by atoms with Crippen molar-refractivity contribution >= 4 is 17.6 Å². The normalized spacial score (nSPS) is 20.9. The standard InChI is InChI=1S/C7H10N4O3/c8-3(12)1-2-5(13)4(7(10)14)6(9)11-2/h2,13H,1H2,(H2,8,12)(H2,9,11)(H2,10,14)/t2-/m1/s1. The predicted octanol–water partition coefficient (Wildman–Crippen LogP) is -2.10. The highest BCUT2D eigenvalue weighted by Crippen LogP contribution is 2.19. The first-order valence-corrected chi connectivity index (χ1v) is 3.78. The van der Waals surface area contributed by atoms with E-state index in [1.165, 1.54) is 0 Å². The van der Waals surface area contributed by atoms with Crippen LogP contribution >= 0.6 is 0 Å². The summed E-state index contributed by atoms with van der Waals surface area (Å²) in [5, 5.41) is 9.41. The summed E-state index contributed by atoms with van der Waals surface area (Å²) in [6.07, 6.45) is -0.205. The van der Waals surface area contributed by atoms with Crippen LogP contribution in [0.4, 0.5) is 0 Å². The first-order valence-electron chi connectivity index (χ1n) is 3.78. The molecule has 2 amide bonds. The molecule has 7 N–H and O–H groups in total. The molecule has 7 nitrogen and oxygen atoms in total. The summed E-state index contributed by atoms with van der Waals surface area (Å²) in [6.45, 7) is 0. The lowest BCUT2D eigenvalue weighted by Gasteiger charge is -2.03. The molecule has 0 saturated carbocycles. The molecule has 0 fully saturated rings. The number of rotatable bonds is 3. The molecule has 0 radical (unpaired) electrons. The second-order valence-corrected chi connectivity index (χ2v) is 2.83. The fourth-order valence-electron chi connectivity index (χ4n) is 1.18. The summed E-state index contributed by atoms with van der Waals surface area (Å²) in [4.78, 5) is 25.0. The topological polar surface area (TPSA) is 145 Å². The van der Waals surface area contributed by atoms with Gasteiger partial charge >= 0.3 is 0 Å². The van der Waals surface area contributed by atoms with Gasteiger partial charge in [0, 0.05) is 0 Å². The van der Waals surface area contributed by atoms with Crippen molar-refractivity contribution in [2.24, 2.45) is 22.2 Å². The van der Waals surface area contributed by atoms with Gasteiger partial charge in [0.15, 0.2) is 0 Å². The molecule has 1 aliphatic rings. The van der Waals surface area contributed by atoms with Crippen LogP contribution in [-0.4, -0.2) is 28.8 Å². The Kier molecular flexibility index (Phi) is 2.41. The highest BCUT2D eigenvalue weighted by Gasteiger charge is 2.30. The van der Waals surface area contributed by atoms with E-state index >= 15 is 0 Å². The van der Waals surface area contributed by atoms with Gasteiger partial charge in [-0.2, -0.15) is 0 Å². The number of amides is 2. The lowest BCUT2D eigenvalue weighted by Crippen LogP contribution is -2.25. The second-order valence-electron chi connectivity index (χ2n) is 2.83. The van der Waals surface area contributed by atoms with Crippen LogP contribution in [0.5, 0.6) is 0 Å². The first-order chi connectivity index (χ1) is 6.43. The minimum Gasteiger partial charge on any atom is -0.509 e. The van der Waals surface area contributed by atoms with E-state index in [4.69, 9.17) is 17.2 Å². The van der Waals surface area contributed by atoms with Gasteiger partial charge in [0.25, 0.3) is 5.91 Å². The monoisotopic (exact) mass is 198 g/mol. The Morgan fingerprint density at radius 1 is 1.43 bits per heavy atom. The number of carbonyl (C=O) groups excluding carboxylic acids is 2. The van der Waals surface area contributed by atoms with Crippen molar-refractivity contribution in [3.8, 4) is 0 Å². The fraction of sp³-hybridized carbons (Fsp3) is 0.286. The van der Waals surface area contributed by atoms with Gasteiger partial charge in [-0.25, -0.2) is 0 Å². The van der Waals surface area contributed by atoms with Crippen molar-refractivity contribution in [1.29, 1.82) is 0 Å². The zero-order chi connectivity index (χ0) is 10.9. The largest absolute Gasteiger partial charge is 0.509 e. The van der Waals surface area contributed by atoms with E-state index in [0.29, 0.717) is 0 Å². The highest BCUT2D eigenvalue weighted by atomic mass is 16.3. The molecular weight excluding hydrogens is 188 g/mol. The van der Waals surface area contributed by atoms with Crippen LogP contribution in [0, 0.1) is 0 Å². The minimum absolute atomic E-state index is 0.166. The fourth-order valence-corrected chi connectivity index (χ4v) is 1.18. The minimum atomic E-state index is -0.880. The number of amidine groups is 1. The van der Waals surface area contributed by atoms with Gasteiger partial charge in [0.2, 0.25) is 5.91 Å². The Hall–Kier alpha value is -2.05. The lowest BCUT2D eigenvalue weighted by atomic mass is 10.1. The van der Waals surface area contributed by atoms with Crippen LogP contribution in [0.3, 0.4) is 0 Å². The van der Waals surface area contributed by atoms with Crippen LogP contribution in [-0.2, 0) is 9.59 Å². The zero-order valence-corrected chi connectivity index (χ0v) is 7.23. The highest BCUT2D eigenvalue weighted by molar-refractivity contribution is 6.21. The molecule has 0 aromatic rings. The van der Waals surface area contributed by atoms with Crippen LogP contribution in [0.15, 0.2) is 16.3 Å². The SMILES string of the molecule is NC(=O)C[C@H]1N=C(N)C(C(N)=O)=C1O. The smallest absolute Gasteiger partial charge is 0.255 e. The number of hydrogen-bond donors (Lipinski definition) is 4. The van der Waals surface area contributed by atoms with E-state index in [-0.39, 0.29) is 17.8 Å². The van der Waals surface area contributed by atoms with Gasteiger partial charge in [0.1, 0.15) is 23.2 Å². The first kappa shape index (κ1) is 10.0. The number of carbonyl (C=O) groups is 2. The summed E-state index contributed by atoms with van der Waals surface area (Å²) in [5.41, 5.74) is 14.9. The van der Waals surface area contributed by atoms with Gasteiger partial charge in [0.05, 0.1) is 6.42 Å². The number of nitrogens with zero attached hydrogens (tertiary/aromatic N) is 1. The average molecular weight is 198 g/mol. The van der Waals surface area contributed by atoms with E-state index in [0.717, 1.165) is 0 Å². The molecule has 0 aliphatic carbocycles. The van der Waals surface area contributed by atoms with Gasteiger partial charge in [-0.15, -0.1) is 0 Å². The molecule has 0 unspecified atom stereocenters. The molecule has 7 heteroatoms. The molecule has 0 spiro atoms.